The topological polar surface area (TPSA) is 44.8 Å². The van der Waals surface area contributed by atoms with E-state index in [1.807, 2.05) is 0 Å². The molecule has 1 aliphatic carbocycles. The highest BCUT2D eigenvalue weighted by atomic mass is 16.5. The first kappa shape index (κ1) is 15.9. The highest BCUT2D eigenvalue weighted by molar-refractivity contribution is 5.82. The van der Waals surface area contributed by atoms with Crippen molar-refractivity contribution in [2.45, 2.75) is 32.1 Å². The number of hydrogen-bond acceptors (Lipinski definition) is 4. The number of carbonyl (C=O) groups excluding carboxylic acids is 1. The molecule has 1 atom stereocenters. The Balaban J connectivity index is 1.23. The Bertz CT molecular complexity index is 422. The van der Waals surface area contributed by atoms with E-state index in [2.05, 4.69) is 15.1 Å². The van der Waals surface area contributed by atoms with Crippen molar-refractivity contribution in [3.05, 3.63) is 0 Å². The standard InChI is InChI=1S/C18H31N3O2/c22-17(16-13-18(16)3-5-19-6-4-18)21-9-7-20(8-10-21)14-15-1-11-23-12-2-15/h15-16,19H,1-14H2. The summed E-state index contributed by atoms with van der Waals surface area (Å²) in [5.74, 6) is 1.59. The van der Waals surface area contributed by atoms with Crippen molar-refractivity contribution in [1.29, 1.82) is 0 Å². The van der Waals surface area contributed by atoms with Crippen LogP contribution in [0.5, 0.6) is 0 Å². The molecule has 3 saturated heterocycles. The molecule has 4 fully saturated rings. The summed E-state index contributed by atoms with van der Waals surface area (Å²) in [6, 6.07) is 0. The van der Waals surface area contributed by atoms with Gasteiger partial charge in [0, 0.05) is 51.9 Å². The molecule has 0 bridgehead atoms. The Labute approximate surface area is 139 Å². The normalized spacial score (nSPS) is 32.2. The van der Waals surface area contributed by atoms with Crippen molar-refractivity contribution < 1.29 is 9.53 Å². The monoisotopic (exact) mass is 321 g/mol. The fraction of sp³-hybridized carbons (Fsp3) is 0.944. The fourth-order valence-corrected chi connectivity index (χ4v) is 4.84. The maximum absolute atomic E-state index is 12.8. The van der Waals surface area contributed by atoms with Crippen LogP contribution in [0.4, 0.5) is 0 Å². The van der Waals surface area contributed by atoms with Crippen LogP contribution >= 0.6 is 0 Å². The number of hydrogen-bond donors (Lipinski definition) is 1. The maximum Gasteiger partial charge on any atom is 0.226 e. The van der Waals surface area contributed by atoms with Gasteiger partial charge in [-0.1, -0.05) is 0 Å². The van der Waals surface area contributed by atoms with Crippen LogP contribution in [0.1, 0.15) is 32.1 Å². The van der Waals surface area contributed by atoms with E-state index < -0.39 is 0 Å². The summed E-state index contributed by atoms with van der Waals surface area (Å²) in [5.41, 5.74) is 0.377. The molecule has 1 N–H and O–H groups in total. The fourth-order valence-electron chi connectivity index (χ4n) is 4.84. The molecule has 3 aliphatic heterocycles. The van der Waals surface area contributed by atoms with Crippen molar-refractivity contribution in [3.63, 3.8) is 0 Å². The molecule has 1 spiro atoms. The maximum atomic E-state index is 12.8. The Kier molecular flexibility index (Phi) is 4.61. The minimum absolute atomic E-state index is 0.339. The Morgan fingerprint density at radius 2 is 1.78 bits per heavy atom. The van der Waals surface area contributed by atoms with E-state index >= 15 is 0 Å². The molecule has 1 saturated carbocycles. The van der Waals surface area contributed by atoms with Crippen molar-refractivity contribution in [3.8, 4) is 0 Å². The number of piperidine rings is 1. The van der Waals surface area contributed by atoms with Gasteiger partial charge in [0.2, 0.25) is 5.91 Å². The van der Waals surface area contributed by atoms with Gasteiger partial charge in [-0.25, -0.2) is 0 Å². The molecule has 4 rings (SSSR count). The van der Waals surface area contributed by atoms with Crippen LogP contribution < -0.4 is 5.32 Å². The van der Waals surface area contributed by atoms with Gasteiger partial charge in [-0.2, -0.15) is 0 Å². The minimum atomic E-state index is 0.339. The molecule has 0 aromatic rings. The van der Waals surface area contributed by atoms with Crippen LogP contribution in [0, 0.1) is 17.3 Å². The number of nitrogens with zero attached hydrogens (tertiary/aromatic N) is 2. The summed E-state index contributed by atoms with van der Waals surface area (Å²) in [4.78, 5) is 17.5. The zero-order valence-electron chi connectivity index (χ0n) is 14.3. The van der Waals surface area contributed by atoms with Gasteiger partial charge in [0.05, 0.1) is 0 Å². The molecule has 130 valence electrons. The Hall–Kier alpha value is -0.650. The highest BCUT2D eigenvalue weighted by Gasteiger charge is 2.58. The summed E-state index contributed by atoms with van der Waals surface area (Å²) in [5, 5.41) is 3.42. The minimum Gasteiger partial charge on any atom is -0.381 e. The summed E-state index contributed by atoms with van der Waals surface area (Å²) in [6.45, 7) is 9.26. The molecule has 0 aromatic heterocycles. The smallest absolute Gasteiger partial charge is 0.226 e. The van der Waals surface area contributed by atoms with Crippen LogP contribution in [-0.4, -0.2) is 74.7 Å². The zero-order valence-corrected chi connectivity index (χ0v) is 14.3. The highest BCUT2D eigenvalue weighted by Crippen LogP contribution is 2.59. The molecule has 0 radical (unpaired) electrons. The van der Waals surface area contributed by atoms with Crippen molar-refractivity contribution in [1.82, 2.24) is 15.1 Å². The molecule has 3 heterocycles. The number of rotatable bonds is 3. The van der Waals surface area contributed by atoms with Crippen molar-refractivity contribution in [2.75, 3.05) is 59.0 Å². The van der Waals surface area contributed by atoms with Gasteiger partial charge in [0.1, 0.15) is 0 Å². The first-order valence-corrected chi connectivity index (χ1v) is 9.56. The van der Waals surface area contributed by atoms with E-state index in [4.69, 9.17) is 4.74 Å². The molecule has 0 aromatic carbocycles. The number of nitrogens with one attached hydrogen (secondary N) is 1. The lowest BCUT2D eigenvalue weighted by molar-refractivity contribution is -0.135. The number of amides is 1. The van der Waals surface area contributed by atoms with Gasteiger partial charge in [-0.3, -0.25) is 9.69 Å². The van der Waals surface area contributed by atoms with E-state index in [1.54, 1.807) is 0 Å². The molecule has 5 heteroatoms. The van der Waals surface area contributed by atoms with Crippen molar-refractivity contribution in [2.24, 2.45) is 17.3 Å². The van der Waals surface area contributed by atoms with Gasteiger partial charge >= 0.3 is 0 Å². The van der Waals surface area contributed by atoms with Gasteiger partial charge in [-0.15, -0.1) is 0 Å². The summed E-state index contributed by atoms with van der Waals surface area (Å²) in [6.07, 6.45) is 5.96. The van der Waals surface area contributed by atoms with Crippen LogP contribution in [-0.2, 0) is 9.53 Å². The first-order valence-electron chi connectivity index (χ1n) is 9.56. The van der Waals surface area contributed by atoms with Gasteiger partial charge in [-0.05, 0) is 56.5 Å². The third-order valence-electron chi connectivity index (χ3n) is 6.63. The lowest BCUT2D eigenvalue weighted by atomic mass is 9.91. The van der Waals surface area contributed by atoms with E-state index in [0.29, 0.717) is 17.2 Å². The van der Waals surface area contributed by atoms with Crippen LogP contribution in [0.3, 0.4) is 0 Å². The van der Waals surface area contributed by atoms with E-state index in [-0.39, 0.29) is 0 Å². The second-order valence-corrected chi connectivity index (χ2v) is 8.05. The van der Waals surface area contributed by atoms with Gasteiger partial charge in [0.15, 0.2) is 0 Å². The van der Waals surface area contributed by atoms with E-state index in [0.717, 1.165) is 64.8 Å². The summed E-state index contributed by atoms with van der Waals surface area (Å²) < 4.78 is 5.45. The summed E-state index contributed by atoms with van der Waals surface area (Å²) in [7, 11) is 0. The predicted molar refractivity (Wildman–Crippen MR) is 89.2 cm³/mol. The number of carbonyl (C=O) groups is 1. The van der Waals surface area contributed by atoms with E-state index in [1.165, 1.54) is 32.2 Å². The van der Waals surface area contributed by atoms with Gasteiger partial charge in [0.25, 0.3) is 0 Å². The molecule has 23 heavy (non-hydrogen) atoms. The van der Waals surface area contributed by atoms with Crippen LogP contribution in [0.15, 0.2) is 0 Å². The second-order valence-electron chi connectivity index (χ2n) is 8.05. The first-order chi connectivity index (χ1) is 11.3. The van der Waals surface area contributed by atoms with Crippen LogP contribution in [0.2, 0.25) is 0 Å². The zero-order chi connectivity index (χ0) is 15.7. The molecular formula is C18H31N3O2. The lowest BCUT2D eigenvalue weighted by Crippen LogP contribution is -2.51. The second kappa shape index (κ2) is 6.69. The largest absolute Gasteiger partial charge is 0.381 e. The Morgan fingerprint density at radius 3 is 2.48 bits per heavy atom. The predicted octanol–water partition coefficient (Wildman–Crippen LogP) is 0.947. The SMILES string of the molecule is O=C(C1CC12CCNCC2)N1CCN(CC2CCOCC2)CC1. The summed E-state index contributed by atoms with van der Waals surface area (Å²) >= 11 is 0. The van der Waals surface area contributed by atoms with Gasteiger partial charge < -0.3 is 15.0 Å². The average Bonchev–Trinajstić information content (AvgIpc) is 3.29. The van der Waals surface area contributed by atoms with Crippen LogP contribution in [0.25, 0.3) is 0 Å². The quantitative estimate of drug-likeness (QED) is 0.840. The molecule has 1 amide bonds. The Morgan fingerprint density at radius 1 is 1.09 bits per heavy atom. The third kappa shape index (κ3) is 3.42. The number of piperazine rings is 1. The lowest BCUT2D eigenvalue weighted by Gasteiger charge is -2.37. The van der Waals surface area contributed by atoms with Crippen molar-refractivity contribution >= 4 is 5.91 Å². The molecule has 5 nitrogen and oxygen atoms in total. The number of ether oxygens (including phenoxy) is 1. The molecular weight excluding hydrogens is 290 g/mol. The van der Waals surface area contributed by atoms with E-state index in [9.17, 15) is 4.79 Å². The average molecular weight is 321 g/mol. The molecule has 4 aliphatic rings. The third-order valence-corrected chi connectivity index (χ3v) is 6.63. The molecule has 1 unspecified atom stereocenters.